The maximum absolute atomic E-state index is 12.4. The Morgan fingerprint density at radius 3 is 2.79 bits per heavy atom. The zero-order valence-electron chi connectivity index (χ0n) is 10.3. The quantitative estimate of drug-likeness (QED) is 0.863. The zero-order valence-corrected chi connectivity index (χ0v) is 11.9. The molecule has 1 aliphatic rings. The van der Waals surface area contributed by atoms with Crippen molar-refractivity contribution in [3.8, 4) is 0 Å². The molecule has 2 heterocycles. The van der Waals surface area contributed by atoms with Crippen LogP contribution in [0, 0.1) is 5.92 Å². The summed E-state index contributed by atoms with van der Waals surface area (Å²) in [6.07, 6.45) is -0.150. The molecule has 0 bridgehead atoms. The maximum Gasteiger partial charge on any atom is 0.347 e. The van der Waals surface area contributed by atoms with Crippen molar-refractivity contribution >= 4 is 27.3 Å². The van der Waals surface area contributed by atoms with Gasteiger partial charge in [-0.25, -0.2) is 13.2 Å². The Hall–Kier alpha value is -0.960. The average Bonchev–Trinajstić information content (AvgIpc) is 2.82. The van der Waals surface area contributed by atoms with Crippen LogP contribution in [-0.4, -0.2) is 48.1 Å². The molecule has 0 aliphatic carbocycles. The molecular weight excluding hydrogens is 290 g/mol. The van der Waals surface area contributed by atoms with Crippen molar-refractivity contribution < 1.29 is 23.4 Å². The van der Waals surface area contributed by atoms with Gasteiger partial charge in [-0.1, -0.05) is 6.92 Å². The number of rotatable bonds is 3. The van der Waals surface area contributed by atoms with Gasteiger partial charge >= 0.3 is 5.97 Å². The SMILES string of the molecule is CC1CCN(S(=O)(=O)c2ccsc2C(=O)O)CC1O. The molecule has 0 radical (unpaired) electrons. The number of piperidine rings is 1. The first-order valence-electron chi connectivity index (χ1n) is 5.83. The standard InChI is InChI=1S/C11H15NO5S2/c1-7-2-4-12(6-8(7)13)19(16,17)9-3-5-18-10(9)11(14)15/h3,5,7-8,13H,2,4,6H2,1H3,(H,14,15). The van der Waals surface area contributed by atoms with Crippen molar-refractivity contribution in [3.63, 3.8) is 0 Å². The maximum atomic E-state index is 12.4. The molecule has 8 heteroatoms. The van der Waals surface area contributed by atoms with E-state index in [1.165, 1.54) is 11.4 Å². The molecule has 1 aromatic rings. The summed E-state index contributed by atoms with van der Waals surface area (Å²) >= 11 is 0.882. The second kappa shape index (κ2) is 5.20. The van der Waals surface area contributed by atoms with Gasteiger partial charge in [0.15, 0.2) is 0 Å². The highest BCUT2D eigenvalue weighted by molar-refractivity contribution is 7.89. The summed E-state index contributed by atoms with van der Waals surface area (Å²) < 4.78 is 25.9. The topological polar surface area (TPSA) is 94.9 Å². The van der Waals surface area contributed by atoms with Crippen molar-refractivity contribution in [1.29, 1.82) is 0 Å². The van der Waals surface area contributed by atoms with Gasteiger partial charge in [-0.15, -0.1) is 11.3 Å². The van der Waals surface area contributed by atoms with Gasteiger partial charge in [0.1, 0.15) is 9.77 Å². The van der Waals surface area contributed by atoms with Crippen molar-refractivity contribution in [2.75, 3.05) is 13.1 Å². The Labute approximate surface area is 115 Å². The van der Waals surface area contributed by atoms with E-state index in [1.54, 1.807) is 0 Å². The summed E-state index contributed by atoms with van der Waals surface area (Å²) in [5.41, 5.74) is 0. The smallest absolute Gasteiger partial charge is 0.347 e. The summed E-state index contributed by atoms with van der Waals surface area (Å²) in [4.78, 5) is 10.6. The van der Waals surface area contributed by atoms with Gasteiger partial charge in [-0.3, -0.25) is 0 Å². The summed E-state index contributed by atoms with van der Waals surface area (Å²) in [6.45, 7) is 2.18. The van der Waals surface area contributed by atoms with Crippen LogP contribution in [-0.2, 0) is 10.0 Å². The Morgan fingerprint density at radius 1 is 1.53 bits per heavy atom. The van der Waals surface area contributed by atoms with Crippen LogP contribution in [0.4, 0.5) is 0 Å². The fourth-order valence-corrected chi connectivity index (χ4v) is 4.74. The van der Waals surface area contributed by atoms with E-state index in [0.717, 1.165) is 15.6 Å². The molecular formula is C11H15NO5S2. The number of aliphatic hydroxyl groups is 1. The van der Waals surface area contributed by atoms with Gasteiger partial charge in [0.05, 0.1) is 6.10 Å². The third-order valence-electron chi connectivity index (χ3n) is 3.32. The molecule has 1 aromatic heterocycles. The second-order valence-corrected chi connectivity index (χ2v) is 7.44. The minimum atomic E-state index is -3.85. The fourth-order valence-electron chi connectivity index (χ4n) is 2.03. The van der Waals surface area contributed by atoms with Crippen LogP contribution in [0.1, 0.15) is 23.0 Å². The number of sulfonamides is 1. The molecule has 2 N–H and O–H groups in total. The van der Waals surface area contributed by atoms with Gasteiger partial charge < -0.3 is 10.2 Å². The van der Waals surface area contributed by atoms with Crippen LogP contribution in [0.3, 0.4) is 0 Å². The van der Waals surface area contributed by atoms with Crippen molar-refractivity contribution in [2.45, 2.75) is 24.3 Å². The normalized spacial score (nSPS) is 25.4. The lowest BCUT2D eigenvalue weighted by Gasteiger charge is -2.33. The number of aromatic carboxylic acids is 1. The number of hydrogen-bond acceptors (Lipinski definition) is 5. The van der Waals surface area contributed by atoms with Crippen LogP contribution in [0.15, 0.2) is 16.3 Å². The zero-order chi connectivity index (χ0) is 14.2. The van der Waals surface area contributed by atoms with E-state index in [1.807, 2.05) is 6.92 Å². The molecule has 1 fully saturated rings. The van der Waals surface area contributed by atoms with E-state index in [-0.39, 0.29) is 22.2 Å². The Bertz CT molecular complexity index is 580. The highest BCUT2D eigenvalue weighted by atomic mass is 32.2. The van der Waals surface area contributed by atoms with Gasteiger partial charge in [-0.05, 0) is 23.8 Å². The number of carboxylic acid groups (broad SMARTS) is 1. The molecule has 1 saturated heterocycles. The van der Waals surface area contributed by atoms with E-state index in [4.69, 9.17) is 5.11 Å². The van der Waals surface area contributed by atoms with Crippen molar-refractivity contribution in [1.82, 2.24) is 4.31 Å². The molecule has 0 saturated carbocycles. The number of nitrogens with zero attached hydrogens (tertiary/aromatic N) is 1. The van der Waals surface area contributed by atoms with Gasteiger partial charge in [0.25, 0.3) is 0 Å². The molecule has 1 aliphatic heterocycles. The third-order valence-corrected chi connectivity index (χ3v) is 6.26. The number of thiophene rings is 1. The van der Waals surface area contributed by atoms with E-state index in [0.29, 0.717) is 13.0 Å². The predicted octanol–water partition coefficient (Wildman–Crippen LogP) is 0.838. The molecule has 19 heavy (non-hydrogen) atoms. The molecule has 2 unspecified atom stereocenters. The summed E-state index contributed by atoms with van der Waals surface area (Å²) in [7, 11) is -3.85. The molecule has 2 atom stereocenters. The van der Waals surface area contributed by atoms with Crippen molar-refractivity contribution in [3.05, 3.63) is 16.3 Å². The van der Waals surface area contributed by atoms with Crippen LogP contribution >= 0.6 is 11.3 Å². The molecule has 0 spiro atoms. The summed E-state index contributed by atoms with van der Waals surface area (Å²) in [6, 6.07) is 1.30. The number of carbonyl (C=O) groups is 1. The minimum Gasteiger partial charge on any atom is -0.477 e. The lowest BCUT2D eigenvalue weighted by Crippen LogP contribution is -2.45. The molecule has 0 aromatic carbocycles. The van der Waals surface area contributed by atoms with E-state index < -0.39 is 22.1 Å². The average molecular weight is 305 g/mol. The monoisotopic (exact) mass is 305 g/mol. The number of carboxylic acids is 1. The molecule has 106 valence electrons. The van der Waals surface area contributed by atoms with Crippen LogP contribution < -0.4 is 0 Å². The van der Waals surface area contributed by atoms with Crippen LogP contribution in [0.25, 0.3) is 0 Å². The summed E-state index contributed by atoms with van der Waals surface area (Å²) in [5.74, 6) is -1.20. The highest BCUT2D eigenvalue weighted by Crippen LogP contribution is 2.28. The summed E-state index contributed by atoms with van der Waals surface area (Å²) in [5, 5.41) is 20.2. The number of aliphatic hydroxyl groups excluding tert-OH is 1. The minimum absolute atomic E-state index is 0.0123. The Balaban J connectivity index is 2.33. The molecule has 6 nitrogen and oxygen atoms in total. The van der Waals surface area contributed by atoms with E-state index in [9.17, 15) is 18.3 Å². The largest absolute Gasteiger partial charge is 0.477 e. The second-order valence-electron chi connectivity index (χ2n) is 4.62. The van der Waals surface area contributed by atoms with E-state index in [2.05, 4.69) is 0 Å². The Morgan fingerprint density at radius 2 is 2.21 bits per heavy atom. The molecule has 0 amide bonds. The number of hydrogen-bond donors (Lipinski definition) is 2. The first kappa shape index (κ1) is 14.4. The lowest BCUT2D eigenvalue weighted by atomic mass is 9.98. The van der Waals surface area contributed by atoms with Crippen LogP contribution in [0.5, 0.6) is 0 Å². The van der Waals surface area contributed by atoms with Gasteiger partial charge in [0, 0.05) is 13.1 Å². The Kier molecular flexibility index (Phi) is 3.95. The van der Waals surface area contributed by atoms with E-state index >= 15 is 0 Å². The van der Waals surface area contributed by atoms with Crippen LogP contribution in [0.2, 0.25) is 0 Å². The first-order valence-corrected chi connectivity index (χ1v) is 8.15. The lowest BCUT2D eigenvalue weighted by molar-refractivity contribution is 0.0604. The van der Waals surface area contributed by atoms with Gasteiger partial charge in [0.2, 0.25) is 10.0 Å². The number of β-amino-alcohol motifs (C(OH)–C–C–N with tert-alkyl or cyclic N) is 1. The first-order chi connectivity index (χ1) is 8.84. The third kappa shape index (κ3) is 2.66. The fraction of sp³-hybridized carbons (Fsp3) is 0.545. The molecule has 2 rings (SSSR count). The highest BCUT2D eigenvalue weighted by Gasteiger charge is 2.35. The van der Waals surface area contributed by atoms with Gasteiger partial charge in [-0.2, -0.15) is 4.31 Å². The predicted molar refractivity (Wildman–Crippen MR) is 69.8 cm³/mol. The van der Waals surface area contributed by atoms with Crippen molar-refractivity contribution in [2.24, 2.45) is 5.92 Å².